The van der Waals surface area contributed by atoms with Crippen molar-refractivity contribution in [3.63, 3.8) is 0 Å². The summed E-state index contributed by atoms with van der Waals surface area (Å²) in [6.07, 6.45) is 0. The van der Waals surface area contributed by atoms with Crippen LogP contribution >= 0.6 is 22.3 Å². The predicted molar refractivity (Wildman–Crippen MR) is 80.5 cm³/mol. The van der Waals surface area contributed by atoms with Crippen LogP contribution in [0.2, 0.25) is 5.02 Å². The fourth-order valence-corrected chi connectivity index (χ4v) is 2.73. The van der Waals surface area contributed by atoms with Gasteiger partial charge in [-0.25, -0.2) is 8.42 Å². The number of rotatable bonds is 3. The van der Waals surface area contributed by atoms with Crippen LogP contribution < -0.4 is 4.74 Å². The van der Waals surface area contributed by atoms with Crippen molar-refractivity contribution in [2.45, 2.75) is 18.7 Å². The Hall–Kier alpha value is -1.23. The van der Waals surface area contributed by atoms with Crippen molar-refractivity contribution in [2.75, 3.05) is 0 Å². The zero-order valence-corrected chi connectivity index (χ0v) is 13.2. The molecule has 20 heavy (non-hydrogen) atoms. The quantitative estimate of drug-likeness (QED) is 0.767. The van der Waals surface area contributed by atoms with Gasteiger partial charge in [0.2, 0.25) is 0 Å². The van der Waals surface area contributed by atoms with Crippen LogP contribution in [0.1, 0.15) is 11.1 Å². The normalized spacial score (nSPS) is 11.4. The van der Waals surface area contributed by atoms with E-state index < -0.39 is 9.05 Å². The van der Waals surface area contributed by atoms with E-state index >= 15 is 0 Å². The molecule has 2 rings (SSSR count). The van der Waals surface area contributed by atoms with Gasteiger partial charge in [-0.1, -0.05) is 23.7 Å². The summed E-state index contributed by atoms with van der Waals surface area (Å²) in [5.74, 6) is 1.05. The minimum atomic E-state index is -3.80. The van der Waals surface area contributed by atoms with E-state index in [2.05, 4.69) is 0 Å². The molecule has 0 radical (unpaired) electrons. The Labute approximate surface area is 127 Å². The van der Waals surface area contributed by atoms with Crippen LogP contribution in [-0.4, -0.2) is 8.42 Å². The topological polar surface area (TPSA) is 43.4 Å². The van der Waals surface area contributed by atoms with Gasteiger partial charge in [0.1, 0.15) is 11.5 Å². The molecule has 0 N–H and O–H groups in total. The monoisotopic (exact) mass is 330 g/mol. The molecule has 0 heterocycles. The average molecular weight is 331 g/mol. The van der Waals surface area contributed by atoms with Crippen LogP contribution in [0.3, 0.4) is 0 Å². The summed E-state index contributed by atoms with van der Waals surface area (Å²) in [6.45, 7) is 3.92. The second-order valence-corrected chi connectivity index (χ2v) is 7.30. The van der Waals surface area contributed by atoms with E-state index in [1.807, 2.05) is 32.0 Å². The fraction of sp³-hybridized carbons (Fsp3) is 0.143. The van der Waals surface area contributed by atoms with Crippen LogP contribution in [0.4, 0.5) is 0 Å². The number of hydrogen-bond donors (Lipinski definition) is 0. The molecule has 0 fully saturated rings. The number of halogens is 2. The van der Waals surface area contributed by atoms with Crippen molar-refractivity contribution in [3.05, 3.63) is 52.5 Å². The van der Waals surface area contributed by atoms with E-state index in [9.17, 15) is 8.42 Å². The van der Waals surface area contributed by atoms with Crippen molar-refractivity contribution in [1.82, 2.24) is 0 Å². The summed E-state index contributed by atoms with van der Waals surface area (Å²) in [5.41, 5.74) is 2.09. The van der Waals surface area contributed by atoms with Crippen molar-refractivity contribution < 1.29 is 13.2 Å². The second kappa shape index (κ2) is 5.64. The number of aryl methyl sites for hydroxylation is 1. The van der Waals surface area contributed by atoms with Crippen molar-refractivity contribution in [2.24, 2.45) is 0 Å². The van der Waals surface area contributed by atoms with Crippen LogP contribution in [0.25, 0.3) is 0 Å². The molecule has 0 aliphatic rings. The molecule has 0 unspecified atom stereocenters. The first-order valence-electron chi connectivity index (χ1n) is 5.77. The van der Waals surface area contributed by atoms with Crippen LogP contribution in [0.15, 0.2) is 41.3 Å². The molecule has 0 saturated carbocycles. The molecule has 6 heteroatoms. The number of benzene rings is 2. The fourth-order valence-electron chi connectivity index (χ4n) is 1.67. The smallest absolute Gasteiger partial charge is 0.261 e. The zero-order valence-electron chi connectivity index (χ0n) is 10.9. The molecule has 2 aromatic carbocycles. The zero-order chi connectivity index (χ0) is 14.9. The maximum Gasteiger partial charge on any atom is 0.261 e. The van der Waals surface area contributed by atoms with Crippen molar-refractivity contribution in [1.29, 1.82) is 0 Å². The van der Waals surface area contributed by atoms with Gasteiger partial charge in [-0.2, -0.15) is 0 Å². The third-order valence-corrected chi connectivity index (χ3v) is 4.61. The van der Waals surface area contributed by atoms with Gasteiger partial charge >= 0.3 is 0 Å². The van der Waals surface area contributed by atoms with E-state index in [4.69, 9.17) is 27.0 Å². The van der Waals surface area contributed by atoms with Gasteiger partial charge in [0.25, 0.3) is 9.05 Å². The molecule has 0 aliphatic heterocycles. The Kier molecular flexibility index (Phi) is 4.28. The Morgan fingerprint density at radius 2 is 1.75 bits per heavy atom. The van der Waals surface area contributed by atoms with Crippen LogP contribution in [-0.2, 0) is 9.05 Å². The molecule has 0 bridgehead atoms. The van der Waals surface area contributed by atoms with Crippen LogP contribution in [0, 0.1) is 13.8 Å². The minimum absolute atomic E-state index is 0.0579. The Morgan fingerprint density at radius 3 is 2.35 bits per heavy atom. The first kappa shape index (κ1) is 15.2. The van der Waals surface area contributed by atoms with E-state index in [0.717, 1.165) is 11.1 Å². The lowest BCUT2D eigenvalue weighted by atomic mass is 10.1. The van der Waals surface area contributed by atoms with Gasteiger partial charge in [0.15, 0.2) is 0 Å². The predicted octanol–water partition coefficient (Wildman–Crippen LogP) is 4.68. The van der Waals surface area contributed by atoms with E-state index in [-0.39, 0.29) is 9.92 Å². The second-order valence-electron chi connectivity index (χ2n) is 4.33. The molecule has 0 aliphatic carbocycles. The van der Waals surface area contributed by atoms with Gasteiger partial charge in [0.05, 0.1) is 9.92 Å². The third kappa shape index (κ3) is 3.26. The standard InChI is InChI=1S/C14H12Cl2O3S/c1-9-4-3-5-13(10(9)2)19-14-7-6-11(8-12(14)15)20(16,17)18/h3-8H,1-2H3. The Morgan fingerprint density at radius 1 is 1.05 bits per heavy atom. The van der Waals surface area contributed by atoms with Crippen molar-refractivity contribution >= 4 is 31.3 Å². The van der Waals surface area contributed by atoms with E-state index in [0.29, 0.717) is 11.5 Å². The summed E-state index contributed by atoms with van der Waals surface area (Å²) in [5, 5.41) is 0.188. The highest BCUT2D eigenvalue weighted by Gasteiger charge is 2.14. The number of hydrogen-bond acceptors (Lipinski definition) is 3. The highest BCUT2D eigenvalue weighted by Crippen LogP contribution is 2.34. The first-order chi connectivity index (χ1) is 9.29. The summed E-state index contributed by atoms with van der Waals surface area (Å²) in [4.78, 5) is -0.0579. The SMILES string of the molecule is Cc1cccc(Oc2ccc(S(=O)(=O)Cl)cc2Cl)c1C. The van der Waals surface area contributed by atoms with Gasteiger partial charge in [-0.3, -0.25) is 0 Å². The summed E-state index contributed by atoms with van der Waals surface area (Å²) < 4.78 is 28.2. The maximum atomic E-state index is 11.2. The molecule has 3 nitrogen and oxygen atoms in total. The molecule has 106 valence electrons. The highest BCUT2D eigenvalue weighted by atomic mass is 35.7. The first-order valence-corrected chi connectivity index (χ1v) is 8.46. The highest BCUT2D eigenvalue weighted by molar-refractivity contribution is 8.13. The molecular weight excluding hydrogens is 319 g/mol. The molecule has 2 aromatic rings. The van der Waals surface area contributed by atoms with Gasteiger partial charge < -0.3 is 4.74 Å². The molecule has 0 amide bonds. The van der Waals surface area contributed by atoms with Gasteiger partial charge in [-0.15, -0.1) is 0 Å². The molecule has 0 atom stereocenters. The minimum Gasteiger partial charge on any atom is -0.456 e. The molecule has 0 saturated heterocycles. The maximum absolute atomic E-state index is 11.2. The largest absolute Gasteiger partial charge is 0.456 e. The summed E-state index contributed by atoms with van der Waals surface area (Å²) >= 11 is 6.03. The molecule has 0 spiro atoms. The van der Waals surface area contributed by atoms with Gasteiger partial charge in [0, 0.05) is 10.7 Å². The Bertz CT molecular complexity index is 755. The molecule has 0 aromatic heterocycles. The van der Waals surface area contributed by atoms with Crippen LogP contribution in [0.5, 0.6) is 11.5 Å². The summed E-state index contributed by atoms with van der Waals surface area (Å²) in [7, 11) is 1.46. The summed E-state index contributed by atoms with van der Waals surface area (Å²) in [6, 6.07) is 9.79. The van der Waals surface area contributed by atoms with Gasteiger partial charge in [-0.05, 0) is 49.2 Å². The Balaban J connectivity index is 2.38. The van der Waals surface area contributed by atoms with E-state index in [1.54, 1.807) is 0 Å². The lowest BCUT2D eigenvalue weighted by molar-refractivity contribution is 0.478. The lowest BCUT2D eigenvalue weighted by Gasteiger charge is -2.12. The average Bonchev–Trinajstić information content (AvgIpc) is 2.36. The third-order valence-electron chi connectivity index (χ3n) is 2.96. The molecular formula is C14H12Cl2O3S. The van der Waals surface area contributed by atoms with Crippen molar-refractivity contribution in [3.8, 4) is 11.5 Å². The lowest BCUT2D eigenvalue weighted by Crippen LogP contribution is -1.93. The number of ether oxygens (including phenoxy) is 1. The van der Waals surface area contributed by atoms with E-state index in [1.165, 1.54) is 18.2 Å².